The number of aromatic nitrogens is 1. The zero-order valence-electron chi connectivity index (χ0n) is 11.2. The Hall–Kier alpha value is -2.05. The van der Waals surface area contributed by atoms with E-state index in [4.69, 9.17) is 21.9 Å². The van der Waals surface area contributed by atoms with Crippen molar-refractivity contribution in [3.8, 4) is 0 Å². The number of nitrogens with two attached hydrogens (primary N) is 1. The molecule has 0 saturated carbocycles. The first-order valence-corrected chi connectivity index (χ1v) is 6.36. The topological polar surface area (TPSA) is 93.2 Å². The van der Waals surface area contributed by atoms with Crippen molar-refractivity contribution in [1.82, 2.24) is 10.3 Å². The fourth-order valence-electron chi connectivity index (χ4n) is 1.70. The number of carbonyl (C=O) groups is 1. The Morgan fingerprint density at radius 3 is 2.80 bits per heavy atom. The van der Waals surface area contributed by atoms with E-state index in [1.165, 1.54) is 6.07 Å². The van der Waals surface area contributed by atoms with Crippen LogP contribution in [0.25, 0.3) is 0 Å². The lowest BCUT2D eigenvalue weighted by molar-refractivity contribution is 0.0948. The molecule has 2 aromatic rings. The van der Waals surface area contributed by atoms with Crippen molar-refractivity contribution in [2.75, 3.05) is 5.43 Å². The van der Waals surface area contributed by atoms with Gasteiger partial charge in [0.15, 0.2) is 0 Å². The van der Waals surface area contributed by atoms with E-state index >= 15 is 0 Å². The molecule has 0 radical (unpaired) electrons. The molecule has 0 unspecified atom stereocenters. The number of aryl methyl sites for hydroxylation is 2. The molecule has 0 aliphatic heterocycles. The van der Waals surface area contributed by atoms with Gasteiger partial charge in [-0.1, -0.05) is 11.6 Å². The maximum atomic E-state index is 12.1. The van der Waals surface area contributed by atoms with Crippen LogP contribution in [-0.4, -0.2) is 10.9 Å². The SMILES string of the molecule is Cc1nc(CNC(=O)c2cc(Cl)ccc2NN)oc1C. The van der Waals surface area contributed by atoms with Gasteiger partial charge in [0.2, 0.25) is 5.89 Å². The Labute approximate surface area is 121 Å². The Kier molecular flexibility index (Phi) is 4.26. The van der Waals surface area contributed by atoms with Gasteiger partial charge in [-0.2, -0.15) is 0 Å². The van der Waals surface area contributed by atoms with Gasteiger partial charge < -0.3 is 15.2 Å². The molecule has 0 aliphatic carbocycles. The quantitative estimate of drug-likeness (QED) is 0.593. The van der Waals surface area contributed by atoms with E-state index in [1.54, 1.807) is 12.1 Å². The summed E-state index contributed by atoms with van der Waals surface area (Å²) in [4.78, 5) is 16.3. The third kappa shape index (κ3) is 3.09. The standard InChI is InChI=1S/C13H15ClN4O2/c1-7-8(2)20-12(17-7)6-16-13(19)10-5-9(14)3-4-11(10)18-15/h3-5,18H,6,15H2,1-2H3,(H,16,19). The minimum absolute atomic E-state index is 0.198. The van der Waals surface area contributed by atoms with Crippen LogP contribution in [-0.2, 0) is 6.54 Å². The number of rotatable bonds is 4. The summed E-state index contributed by atoms with van der Waals surface area (Å²) in [6.07, 6.45) is 0. The Morgan fingerprint density at radius 2 is 2.20 bits per heavy atom. The summed E-state index contributed by atoms with van der Waals surface area (Å²) in [5.41, 5.74) is 4.12. The highest BCUT2D eigenvalue weighted by molar-refractivity contribution is 6.31. The number of nitrogen functional groups attached to an aromatic ring is 1. The van der Waals surface area contributed by atoms with E-state index in [0.29, 0.717) is 22.2 Å². The number of amides is 1. The van der Waals surface area contributed by atoms with Crippen LogP contribution in [0.5, 0.6) is 0 Å². The van der Waals surface area contributed by atoms with Crippen LogP contribution < -0.4 is 16.6 Å². The van der Waals surface area contributed by atoms with Crippen LogP contribution in [0.1, 0.15) is 27.7 Å². The van der Waals surface area contributed by atoms with Crippen LogP contribution in [0, 0.1) is 13.8 Å². The number of hydrazine groups is 1. The van der Waals surface area contributed by atoms with Gasteiger partial charge in [0.05, 0.1) is 23.5 Å². The summed E-state index contributed by atoms with van der Waals surface area (Å²) in [5, 5.41) is 3.16. The molecule has 20 heavy (non-hydrogen) atoms. The number of anilines is 1. The fraction of sp³-hybridized carbons (Fsp3) is 0.231. The van der Waals surface area contributed by atoms with Gasteiger partial charge in [-0.3, -0.25) is 10.6 Å². The third-order valence-electron chi connectivity index (χ3n) is 2.85. The van der Waals surface area contributed by atoms with Crippen LogP contribution in [0.15, 0.2) is 22.6 Å². The normalized spacial score (nSPS) is 10.4. The highest BCUT2D eigenvalue weighted by atomic mass is 35.5. The van der Waals surface area contributed by atoms with Gasteiger partial charge in [-0.05, 0) is 32.0 Å². The van der Waals surface area contributed by atoms with E-state index in [1.807, 2.05) is 13.8 Å². The van der Waals surface area contributed by atoms with Gasteiger partial charge >= 0.3 is 0 Å². The first-order chi connectivity index (χ1) is 9.51. The molecule has 0 fully saturated rings. The number of halogens is 1. The van der Waals surface area contributed by atoms with Crippen molar-refractivity contribution in [3.63, 3.8) is 0 Å². The summed E-state index contributed by atoms with van der Waals surface area (Å²) in [5.74, 6) is 6.25. The number of oxazole rings is 1. The number of nitrogens with zero attached hydrogens (tertiary/aromatic N) is 1. The van der Waals surface area contributed by atoms with Crippen molar-refractivity contribution < 1.29 is 9.21 Å². The fourth-order valence-corrected chi connectivity index (χ4v) is 1.87. The largest absolute Gasteiger partial charge is 0.444 e. The number of benzene rings is 1. The maximum Gasteiger partial charge on any atom is 0.253 e. The molecule has 0 bridgehead atoms. The first-order valence-electron chi connectivity index (χ1n) is 5.98. The molecule has 4 N–H and O–H groups in total. The van der Waals surface area contributed by atoms with Crippen molar-refractivity contribution in [2.24, 2.45) is 5.84 Å². The second kappa shape index (κ2) is 5.94. The first kappa shape index (κ1) is 14.4. The average molecular weight is 295 g/mol. The summed E-state index contributed by atoms with van der Waals surface area (Å²) in [7, 11) is 0. The number of hydrogen-bond donors (Lipinski definition) is 3. The second-order valence-electron chi connectivity index (χ2n) is 4.27. The minimum Gasteiger partial charge on any atom is -0.444 e. The summed E-state index contributed by atoms with van der Waals surface area (Å²) in [6.45, 7) is 3.86. The van der Waals surface area contributed by atoms with Gasteiger partial charge in [-0.15, -0.1) is 0 Å². The van der Waals surface area contributed by atoms with E-state index in [9.17, 15) is 4.79 Å². The van der Waals surface area contributed by atoms with Crippen LogP contribution >= 0.6 is 11.6 Å². The molecule has 2 rings (SSSR count). The molecule has 0 saturated heterocycles. The third-order valence-corrected chi connectivity index (χ3v) is 3.09. The Morgan fingerprint density at radius 1 is 1.45 bits per heavy atom. The van der Waals surface area contributed by atoms with E-state index < -0.39 is 0 Å². The molecule has 1 amide bonds. The van der Waals surface area contributed by atoms with Crippen LogP contribution in [0.2, 0.25) is 5.02 Å². The molecule has 0 aliphatic rings. The lowest BCUT2D eigenvalue weighted by Crippen LogP contribution is -2.25. The zero-order chi connectivity index (χ0) is 14.7. The maximum absolute atomic E-state index is 12.1. The zero-order valence-corrected chi connectivity index (χ0v) is 11.9. The van der Waals surface area contributed by atoms with Crippen molar-refractivity contribution >= 4 is 23.2 Å². The predicted molar refractivity (Wildman–Crippen MR) is 76.4 cm³/mol. The van der Waals surface area contributed by atoms with Crippen molar-refractivity contribution in [1.29, 1.82) is 0 Å². The molecule has 0 spiro atoms. The highest BCUT2D eigenvalue weighted by Gasteiger charge is 2.13. The highest BCUT2D eigenvalue weighted by Crippen LogP contribution is 2.20. The van der Waals surface area contributed by atoms with Crippen LogP contribution in [0.4, 0.5) is 5.69 Å². The van der Waals surface area contributed by atoms with Gasteiger partial charge in [0.1, 0.15) is 5.76 Å². The molecular weight excluding hydrogens is 280 g/mol. The van der Waals surface area contributed by atoms with Crippen LogP contribution in [0.3, 0.4) is 0 Å². The Bertz CT molecular complexity index is 620. The minimum atomic E-state index is -0.311. The van der Waals surface area contributed by atoms with E-state index in [-0.39, 0.29) is 12.5 Å². The summed E-state index contributed by atoms with van der Waals surface area (Å²) >= 11 is 5.88. The Balaban J connectivity index is 2.10. The molecule has 1 heterocycles. The average Bonchev–Trinajstić information content (AvgIpc) is 2.75. The lowest BCUT2D eigenvalue weighted by atomic mass is 10.1. The summed E-state index contributed by atoms with van der Waals surface area (Å²) in [6, 6.07) is 4.82. The molecule has 1 aromatic carbocycles. The molecule has 106 valence electrons. The van der Waals surface area contributed by atoms with E-state index in [0.717, 1.165) is 11.5 Å². The summed E-state index contributed by atoms with van der Waals surface area (Å²) < 4.78 is 5.39. The second-order valence-corrected chi connectivity index (χ2v) is 4.70. The van der Waals surface area contributed by atoms with Gasteiger partial charge in [-0.25, -0.2) is 4.98 Å². The number of carbonyl (C=O) groups excluding carboxylic acids is 1. The molecule has 1 aromatic heterocycles. The molecular formula is C13H15ClN4O2. The number of hydrogen-bond acceptors (Lipinski definition) is 5. The lowest BCUT2D eigenvalue weighted by Gasteiger charge is -2.09. The van der Waals surface area contributed by atoms with Crippen molar-refractivity contribution in [2.45, 2.75) is 20.4 Å². The smallest absolute Gasteiger partial charge is 0.253 e. The molecule has 7 heteroatoms. The molecule has 0 atom stereocenters. The van der Waals surface area contributed by atoms with E-state index in [2.05, 4.69) is 15.7 Å². The molecule has 6 nitrogen and oxygen atoms in total. The van der Waals surface area contributed by atoms with Crippen molar-refractivity contribution in [3.05, 3.63) is 46.1 Å². The monoisotopic (exact) mass is 294 g/mol. The van der Waals surface area contributed by atoms with Gasteiger partial charge in [0.25, 0.3) is 5.91 Å². The predicted octanol–water partition coefficient (Wildman–Crippen LogP) is 2.16. The van der Waals surface area contributed by atoms with Gasteiger partial charge in [0, 0.05) is 5.02 Å². The number of nitrogens with one attached hydrogen (secondary N) is 2.